The van der Waals surface area contributed by atoms with Crippen molar-refractivity contribution >= 4 is 17.7 Å². The summed E-state index contributed by atoms with van der Waals surface area (Å²) in [5.41, 5.74) is 1.23. The summed E-state index contributed by atoms with van der Waals surface area (Å²) >= 11 is 0. The van der Waals surface area contributed by atoms with E-state index < -0.39 is 47.7 Å². The Labute approximate surface area is 183 Å². The number of halogens is 3. The summed E-state index contributed by atoms with van der Waals surface area (Å²) in [6, 6.07) is 7.40. The maximum absolute atomic E-state index is 14.6. The van der Waals surface area contributed by atoms with E-state index in [1.54, 1.807) is 31.2 Å². The highest BCUT2D eigenvalue weighted by molar-refractivity contribution is 5.93. The quantitative estimate of drug-likeness (QED) is 0.669. The fraction of sp³-hybridized carbons (Fsp3) is 0.348. The van der Waals surface area contributed by atoms with E-state index >= 15 is 0 Å². The molecule has 1 heterocycles. The van der Waals surface area contributed by atoms with E-state index in [1.165, 1.54) is 6.92 Å². The molecule has 2 aromatic carbocycles. The topological polar surface area (TPSA) is 78.5 Å². The molecular formula is C23H24F3N3O3. The summed E-state index contributed by atoms with van der Waals surface area (Å²) in [6.07, 6.45) is -1.83. The van der Waals surface area contributed by atoms with E-state index in [-0.39, 0.29) is 24.9 Å². The number of benzene rings is 2. The summed E-state index contributed by atoms with van der Waals surface area (Å²) < 4.78 is 41.2. The molecule has 0 saturated heterocycles. The molecule has 1 aliphatic rings. The monoisotopic (exact) mass is 447 g/mol. The number of nitrogens with one attached hydrogen (secondary N) is 2. The number of rotatable bonds is 6. The fourth-order valence-electron chi connectivity index (χ4n) is 3.75. The zero-order valence-electron chi connectivity index (χ0n) is 17.7. The standard InChI is InChI=1S/C23H24F3N3O3/c1-3-29-19(26)11-15-6-4-5-7-18(15)21(23(29)32)28-22(31)13(2)27-20(30)10-14-8-16(24)12-17(25)9-14/h4-9,12-13,19,21H,3,10-11H2,1-2H3,(H,27,30)(H,28,31)/t13-,19?,21?/m0/s1. The van der Waals surface area contributed by atoms with Crippen LogP contribution in [-0.4, -0.2) is 41.5 Å². The normalized spacial score (nSPS) is 19.0. The largest absolute Gasteiger partial charge is 0.344 e. The molecule has 0 radical (unpaired) electrons. The van der Waals surface area contributed by atoms with E-state index in [9.17, 15) is 27.6 Å². The van der Waals surface area contributed by atoms with Crippen molar-refractivity contribution < 1.29 is 27.6 Å². The Bertz CT molecular complexity index is 1010. The van der Waals surface area contributed by atoms with Gasteiger partial charge >= 0.3 is 0 Å². The van der Waals surface area contributed by atoms with Crippen molar-refractivity contribution in [3.63, 3.8) is 0 Å². The van der Waals surface area contributed by atoms with E-state index in [2.05, 4.69) is 10.6 Å². The van der Waals surface area contributed by atoms with Gasteiger partial charge in [0.05, 0.1) is 6.42 Å². The van der Waals surface area contributed by atoms with E-state index in [0.717, 1.165) is 17.0 Å². The highest BCUT2D eigenvalue weighted by Gasteiger charge is 2.36. The van der Waals surface area contributed by atoms with Crippen LogP contribution in [0.2, 0.25) is 0 Å². The van der Waals surface area contributed by atoms with Crippen LogP contribution in [0.15, 0.2) is 42.5 Å². The molecule has 3 amide bonds. The Balaban J connectivity index is 1.71. The van der Waals surface area contributed by atoms with Crippen LogP contribution in [-0.2, 0) is 27.2 Å². The fourth-order valence-corrected chi connectivity index (χ4v) is 3.75. The van der Waals surface area contributed by atoms with Crippen LogP contribution in [0.3, 0.4) is 0 Å². The van der Waals surface area contributed by atoms with Gasteiger partial charge in [-0.25, -0.2) is 13.2 Å². The van der Waals surface area contributed by atoms with E-state index in [1.807, 2.05) is 0 Å². The lowest BCUT2D eigenvalue weighted by Gasteiger charge is -2.27. The SMILES string of the molecule is CCN1C(=O)C(NC(=O)[C@H](C)NC(=O)Cc2cc(F)cc(F)c2)c2ccccc2CC1F. The first kappa shape index (κ1) is 23.3. The molecule has 0 spiro atoms. The third-order valence-electron chi connectivity index (χ3n) is 5.31. The van der Waals surface area contributed by atoms with Gasteiger partial charge in [0.25, 0.3) is 5.91 Å². The highest BCUT2D eigenvalue weighted by atomic mass is 19.1. The molecule has 0 saturated carbocycles. The van der Waals surface area contributed by atoms with Crippen LogP contribution in [0, 0.1) is 11.6 Å². The molecular weight excluding hydrogens is 423 g/mol. The van der Waals surface area contributed by atoms with Crippen LogP contribution in [0.4, 0.5) is 13.2 Å². The lowest BCUT2D eigenvalue weighted by molar-refractivity contribution is -0.141. The Kier molecular flexibility index (Phi) is 7.17. The second kappa shape index (κ2) is 9.84. The molecule has 2 aromatic rings. The molecule has 0 fully saturated rings. The number of fused-ring (bicyclic) bond motifs is 1. The number of alkyl halides is 1. The Hall–Kier alpha value is -3.36. The average molecular weight is 447 g/mol. The number of carbonyl (C=O) groups excluding carboxylic acids is 3. The highest BCUT2D eigenvalue weighted by Crippen LogP contribution is 2.28. The Morgan fingerprint density at radius 3 is 2.47 bits per heavy atom. The first-order valence-electron chi connectivity index (χ1n) is 10.3. The summed E-state index contributed by atoms with van der Waals surface area (Å²) in [4.78, 5) is 39.0. The summed E-state index contributed by atoms with van der Waals surface area (Å²) in [7, 11) is 0. The maximum Gasteiger partial charge on any atom is 0.252 e. The van der Waals surface area contributed by atoms with Gasteiger partial charge in [-0.3, -0.25) is 14.4 Å². The molecule has 0 aliphatic carbocycles. The Morgan fingerprint density at radius 2 is 1.81 bits per heavy atom. The average Bonchev–Trinajstić information content (AvgIpc) is 2.81. The van der Waals surface area contributed by atoms with Crippen molar-refractivity contribution in [2.75, 3.05) is 6.54 Å². The molecule has 3 rings (SSSR count). The molecule has 2 N–H and O–H groups in total. The van der Waals surface area contributed by atoms with Gasteiger partial charge in [-0.2, -0.15) is 0 Å². The van der Waals surface area contributed by atoms with Crippen molar-refractivity contribution in [1.82, 2.24) is 15.5 Å². The smallest absolute Gasteiger partial charge is 0.252 e. The number of hydrogen-bond acceptors (Lipinski definition) is 3. The molecule has 2 unspecified atom stereocenters. The minimum absolute atomic E-state index is 0.0125. The van der Waals surface area contributed by atoms with Crippen LogP contribution in [0.5, 0.6) is 0 Å². The molecule has 0 aromatic heterocycles. The van der Waals surface area contributed by atoms with Gasteiger partial charge in [0.2, 0.25) is 11.8 Å². The minimum Gasteiger partial charge on any atom is -0.344 e. The predicted molar refractivity (Wildman–Crippen MR) is 111 cm³/mol. The van der Waals surface area contributed by atoms with Crippen LogP contribution in [0.25, 0.3) is 0 Å². The van der Waals surface area contributed by atoms with Crippen LogP contribution >= 0.6 is 0 Å². The number of nitrogens with zero attached hydrogens (tertiary/aromatic N) is 1. The Morgan fingerprint density at radius 1 is 1.16 bits per heavy atom. The molecule has 3 atom stereocenters. The van der Waals surface area contributed by atoms with Gasteiger partial charge in [-0.1, -0.05) is 24.3 Å². The van der Waals surface area contributed by atoms with E-state index in [0.29, 0.717) is 17.2 Å². The second-order valence-corrected chi connectivity index (χ2v) is 7.65. The zero-order chi connectivity index (χ0) is 23.4. The summed E-state index contributed by atoms with van der Waals surface area (Å²) in [5.74, 6) is -3.46. The number of hydrogen-bond donors (Lipinski definition) is 2. The lowest BCUT2D eigenvalue weighted by Crippen LogP contribution is -2.50. The first-order chi connectivity index (χ1) is 15.2. The number of amides is 3. The molecule has 0 bridgehead atoms. The van der Waals surface area contributed by atoms with Gasteiger partial charge in [-0.05, 0) is 42.7 Å². The molecule has 6 nitrogen and oxygen atoms in total. The third kappa shape index (κ3) is 5.27. The number of carbonyl (C=O) groups is 3. The summed E-state index contributed by atoms with van der Waals surface area (Å²) in [6.45, 7) is 3.20. The zero-order valence-corrected chi connectivity index (χ0v) is 17.7. The van der Waals surface area contributed by atoms with Crippen molar-refractivity contribution in [3.8, 4) is 0 Å². The van der Waals surface area contributed by atoms with E-state index in [4.69, 9.17) is 0 Å². The molecule has 9 heteroatoms. The van der Waals surface area contributed by atoms with Crippen molar-refractivity contribution in [2.45, 2.75) is 45.1 Å². The summed E-state index contributed by atoms with van der Waals surface area (Å²) in [5, 5.41) is 5.06. The molecule has 32 heavy (non-hydrogen) atoms. The maximum atomic E-state index is 14.6. The molecule has 1 aliphatic heterocycles. The lowest BCUT2D eigenvalue weighted by atomic mass is 9.98. The van der Waals surface area contributed by atoms with Gasteiger partial charge in [0.15, 0.2) is 6.30 Å². The molecule has 170 valence electrons. The second-order valence-electron chi connectivity index (χ2n) is 7.65. The predicted octanol–water partition coefficient (Wildman–Crippen LogP) is 2.57. The van der Waals surface area contributed by atoms with Crippen molar-refractivity contribution in [3.05, 3.63) is 70.8 Å². The van der Waals surface area contributed by atoms with Gasteiger partial charge < -0.3 is 15.5 Å². The third-order valence-corrected chi connectivity index (χ3v) is 5.31. The van der Waals surface area contributed by atoms with Crippen molar-refractivity contribution in [2.24, 2.45) is 0 Å². The minimum atomic E-state index is -1.51. The van der Waals surface area contributed by atoms with Gasteiger partial charge in [0, 0.05) is 19.0 Å². The van der Waals surface area contributed by atoms with Gasteiger partial charge in [0.1, 0.15) is 23.7 Å². The van der Waals surface area contributed by atoms with Crippen LogP contribution in [0.1, 0.15) is 36.6 Å². The first-order valence-corrected chi connectivity index (χ1v) is 10.3. The number of likely N-dealkylation sites (N-methyl/N-ethyl adjacent to an activating group) is 1. The van der Waals surface area contributed by atoms with Crippen molar-refractivity contribution in [1.29, 1.82) is 0 Å². The van der Waals surface area contributed by atoms with Gasteiger partial charge in [-0.15, -0.1) is 0 Å². The van der Waals surface area contributed by atoms with Crippen LogP contribution < -0.4 is 10.6 Å².